The molecule has 0 unspecified atom stereocenters. The van der Waals surface area contributed by atoms with Crippen molar-refractivity contribution in [1.29, 1.82) is 0 Å². The van der Waals surface area contributed by atoms with E-state index in [0.717, 1.165) is 27.9 Å². The van der Waals surface area contributed by atoms with Crippen LogP contribution in [0.15, 0.2) is 76.8 Å². The lowest BCUT2D eigenvalue weighted by Crippen LogP contribution is -2.04. The molecule has 8 heteroatoms. The fourth-order valence-electron chi connectivity index (χ4n) is 2.81. The van der Waals surface area contributed by atoms with Crippen molar-refractivity contribution in [3.63, 3.8) is 0 Å². The second kappa shape index (κ2) is 8.74. The summed E-state index contributed by atoms with van der Waals surface area (Å²) >= 11 is 1.57. The number of esters is 1. The van der Waals surface area contributed by atoms with Crippen molar-refractivity contribution in [2.75, 3.05) is 7.11 Å². The van der Waals surface area contributed by atoms with Crippen LogP contribution in [0.4, 0.5) is 0 Å². The molecule has 29 heavy (non-hydrogen) atoms. The van der Waals surface area contributed by atoms with E-state index >= 15 is 0 Å². The Hall–Kier alpha value is -3.39. The number of furan rings is 1. The molecule has 0 amide bonds. The first-order valence-corrected chi connectivity index (χ1v) is 9.89. The molecular formula is C21H18N4O3S. The summed E-state index contributed by atoms with van der Waals surface area (Å²) in [4.78, 5) is 15.8. The molecule has 3 heterocycles. The molecule has 7 nitrogen and oxygen atoms in total. The summed E-state index contributed by atoms with van der Waals surface area (Å²) in [6.45, 7) is 0.522. The van der Waals surface area contributed by atoms with Gasteiger partial charge in [-0.2, -0.15) is 0 Å². The Morgan fingerprint density at radius 2 is 2.00 bits per heavy atom. The van der Waals surface area contributed by atoms with E-state index in [-0.39, 0.29) is 5.97 Å². The minimum absolute atomic E-state index is 0.344. The Labute approximate surface area is 171 Å². The number of nitrogens with zero attached hydrogens (tertiary/aromatic N) is 4. The minimum atomic E-state index is -0.344. The number of aromatic nitrogens is 4. The van der Waals surface area contributed by atoms with Gasteiger partial charge in [0.05, 0.1) is 25.5 Å². The van der Waals surface area contributed by atoms with Gasteiger partial charge in [-0.3, -0.25) is 9.55 Å². The van der Waals surface area contributed by atoms with E-state index < -0.39 is 0 Å². The van der Waals surface area contributed by atoms with Gasteiger partial charge in [0.25, 0.3) is 0 Å². The van der Waals surface area contributed by atoms with Crippen LogP contribution >= 0.6 is 11.8 Å². The van der Waals surface area contributed by atoms with Crippen LogP contribution in [-0.4, -0.2) is 32.8 Å². The standard InChI is InChI=1S/C21H18N4O3S/c1-27-20(26)16-8-6-15(7-9-16)14-29-21-24-23-19(17-4-2-10-22-12-17)25(21)13-18-5-3-11-28-18/h2-12H,13-14H2,1H3. The summed E-state index contributed by atoms with van der Waals surface area (Å²) in [6, 6.07) is 15.0. The van der Waals surface area contributed by atoms with Gasteiger partial charge in [0.2, 0.25) is 0 Å². The Morgan fingerprint density at radius 1 is 1.14 bits per heavy atom. The predicted molar refractivity (Wildman–Crippen MR) is 108 cm³/mol. The Bertz CT molecular complexity index is 1080. The third kappa shape index (κ3) is 4.38. The zero-order valence-electron chi connectivity index (χ0n) is 15.7. The normalized spacial score (nSPS) is 10.8. The zero-order chi connectivity index (χ0) is 20.1. The second-order valence-corrected chi connectivity index (χ2v) is 7.13. The van der Waals surface area contributed by atoms with Crippen molar-refractivity contribution in [1.82, 2.24) is 19.7 Å². The van der Waals surface area contributed by atoms with E-state index in [9.17, 15) is 4.79 Å². The fourth-order valence-corrected chi connectivity index (χ4v) is 3.70. The molecule has 0 atom stereocenters. The van der Waals surface area contributed by atoms with Crippen molar-refractivity contribution < 1.29 is 13.9 Å². The van der Waals surface area contributed by atoms with Crippen LogP contribution in [0.25, 0.3) is 11.4 Å². The Balaban J connectivity index is 1.56. The molecule has 4 aromatic rings. The predicted octanol–water partition coefficient (Wildman–Crippen LogP) is 4.06. The van der Waals surface area contributed by atoms with Crippen molar-refractivity contribution in [2.45, 2.75) is 17.5 Å². The van der Waals surface area contributed by atoms with Gasteiger partial charge in [-0.05, 0) is 42.0 Å². The maximum absolute atomic E-state index is 11.6. The molecule has 146 valence electrons. The molecule has 3 aromatic heterocycles. The number of benzene rings is 1. The molecule has 0 spiro atoms. The van der Waals surface area contributed by atoms with Crippen LogP contribution in [0.5, 0.6) is 0 Å². The average Bonchev–Trinajstić information content (AvgIpc) is 3.43. The summed E-state index contributed by atoms with van der Waals surface area (Å²) in [5.41, 5.74) is 2.49. The third-order valence-electron chi connectivity index (χ3n) is 4.27. The van der Waals surface area contributed by atoms with Crippen LogP contribution in [0, 0.1) is 0 Å². The van der Waals surface area contributed by atoms with E-state index in [2.05, 4.69) is 15.2 Å². The largest absolute Gasteiger partial charge is 0.467 e. The monoisotopic (exact) mass is 406 g/mol. The zero-order valence-corrected chi connectivity index (χ0v) is 16.5. The van der Waals surface area contributed by atoms with E-state index in [1.165, 1.54) is 7.11 Å². The topological polar surface area (TPSA) is 83.0 Å². The summed E-state index contributed by atoms with van der Waals surface area (Å²) in [7, 11) is 1.37. The molecule has 0 saturated carbocycles. The van der Waals surface area contributed by atoms with Gasteiger partial charge in [-0.15, -0.1) is 10.2 Å². The minimum Gasteiger partial charge on any atom is -0.467 e. The first-order valence-electron chi connectivity index (χ1n) is 8.90. The van der Waals surface area contributed by atoms with Gasteiger partial charge in [0, 0.05) is 23.7 Å². The summed E-state index contributed by atoms with van der Waals surface area (Å²) in [5, 5.41) is 9.53. The van der Waals surface area contributed by atoms with E-state index in [1.54, 1.807) is 42.6 Å². The first-order chi connectivity index (χ1) is 14.2. The summed E-state index contributed by atoms with van der Waals surface area (Å²) in [6.07, 6.45) is 5.14. The van der Waals surface area contributed by atoms with Crippen molar-refractivity contribution in [3.05, 3.63) is 84.1 Å². The van der Waals surface area contributed by atoms with E-state index in [1.807, 2.05) is 41.0 Å². The quantitative estimate of drug-likeness (QED) is 0.338. The maximum Gasteiger partial charge on any atom is 0.337 e. The highest BCUT2D eigenvalue weighted by atomic mass is 32.2. The summed E-state index contributed by atoms with van der Waals surface area (Å²) in [5.74, 6) is 1.89. The van der Waals surface area contributed by atoms with Gasteiger partial charge >= 0.3 is 5.97 Å². The van der Waals surface area contributed by atoms with Crippen LogP contribution in [0.2, 0.25) is 0 Å². The maximum atomic E-state index is 11.6. The van der Waals surface area contributed by atoms with E-state index in [0.29, 0.717) is 17.9 Å². The van der Waals surface area contributed by atoms with Crippen LogP contribution in [0.3, 0.4) is 0 Å². The van der Waals surface area contributed by atoms with Crippen LogP contribution in [-0.2, 0) is 17.0 Å². The van der Waals surface area contributed by atoms with Gasteiger partial charge in [0.15, 0.2) is 11.0 Å². The van der Waals surface area contributed by atoms with Gasteiger partial charge < -0.3 is 9.15 Å². The highest BCUT2D eigenvalue weighted by molar-refractivity contribution is 7.98. The number of carbonyl (C=O) groups is 1. The molecule has 1 aromatic carbocycles. The van der Waals surface area contributed by atoms with Crippen LogP contribution < -0.4 is 0 Å². The molecule has 0 saturated heterocycles. The lowest BCUT2D eigenvalue weighted by molar-refractivity contribution is 0.0600. The number of carbonyl (C=O) groups excluding carboxylic acids is 1. The number of hydrogen-bond acceptors (Lipinski definition) is 7. The van der Waals surface area contributed by atoms with Gasteiger partial charge in [-0.25, -0.2) is 4.79 Å². The highest BCUT2D eigenvalue weighted by Gasteiger charge is 2.16. The number of thioether (sulfide) groups is 1. The van der Waals surface area contributed by atoms with Crippen molar-refractivity contribution in [2.24, 2.45) is 0 Å². The number of pyridine rings is 1. The average molecular weight is 406 g/mol. The smallest absolute Gasteiger partial charge is 0.337 e. The Morgan fingerprint density at radius 3 is 2.69 bits per heavy atom. The number of rotatable bonds is 7. The molecule has 0 N–H and O–H groups in total. The van der Waals surface area contributed by atoms with Crippen molar-refractivity contribution in [3.8, 4) is 11.4 Å². The molecular weight excluding hydrogens is 388 g/mol. The highest BCUT2D eigenvalue weighted by Crippen LogP contribution is 2.27. The Kier molecular flexibility index (Phi) is 5.71. The molecule has 4 rings (SSSR count). The number of ether oxygens (including phenoxy) is 1. The lowest BCUT2D eigenvalue weighted by Gasteiger charge is -2.09. The van der Waals surface area contributed by atoms with Crippen molar-refractivity contribution >= 4 is 17.7 Å². The fraction of sp³-hybridized carbons (Fsp3) is 0.143. The number of methoxy groups -OCH3 is 1. The van der Waals surface area contributed by atoms with Crippen LogP contribution in [0.1, 0.15) is 21.7 Å². The lowest BCUT2D eigenvalue weighted by atomic mass is 10.1. The summed E-state index contributed by atoms with van der Waals surface area (Å²) < 4.78 is 12.3. The molecule has 0 aliphatic heterocycles. The molecule has 0 aliphatic rings. The third-order valence-corrected chi connectivity index (χ3v) is 5.31. The van der Waals surface area contributed by atoms with Gasteiger partial charge in [0.1, 0.15) is 5.76 Å². The SMILES string of the molecule is COC(=O)c1ccc(CSc2nnc(-c3cccnc3)n2Cc2ccco2)cc1. The second-order valence-electron chi connectivity index (χ2n) is 6.19. The molecule has 0 aliphatic carbocycles. The number of hydrogen-bond donors (Lipinski definition) is 0. The molecule has 0 bridgehead atoms. The first kappa shape index (κ1) is 18.9. The van der Waals surface area contributed by atoms with Gasteiger partial charge in [-0.1, -0.05) is 23.9 Å². The molecule has 0 fully saturated rings. The van der Waals surface area contributed by atoms with E-state index in [4.69, 9.17) is 9.15 Å². The molecule has 0 radical (unpaired) electrons.